The number of hydrogen-bond acceptors (Lipinski definition) is 5. The molecule has 2 atom stereocenters. The van der Waals surface area contributed by atoms with Gasteiger partial charge >= 0.3 is 0 Å². The Bertz CT molecular complexity index is 707. The highest BCUT2D eigenvalue weighted by molar-refractivity contribution is 7.99. The molecule has 1 aromatic heterocycles. The average molecular weight is 366 g/mol. The summed E-state index contributed by atoms with van der Waals surface area (Å²) in [6, 6.07) is 7.58. The van der Waals surface area contributed by atoms with Crippen LogP contribution in [0.4, 0.5) is 0 Å². The van der Waals surface area contributed by atoms with E-state index in [0.29, 0.717) is 27.6 Å². The van der Waals surface area contributed by atoms with Crippen molar-refractivity contribution < 1.29 is 9.21 Å². The minimum Gasteiger partial charge on any atom is -0.411 e. The Labute approximate surface area is 150 Å². The summed E-state index contributed by atoms with van der Waals surface area (Å²) >= 11 is 7.36. The molecule has 5 nitrogen and oxygen atoms in total. The number of amides is 1. The van der Waals surface area contributed by atoms with Crippen molar-refractivity contribution in [1.29, 1.82) is 0 Å². The van der Waals surface area contributed by atoms with Gasteiger partial charge in [-0.15, -0.1) is 10.2 Å². The quantitative estimate of drug-likeness (QED) is 0.805. The molecule has 1 N–H and O–H groups in total. The highest BCUT2D eigenvalue weighted by Gasteiger charge is 2.23. The van der Waals surface area contributed by atoms with Gasteiger partial charge in [0.05, 0.1) is 16.3 Å². The van der Waals surface area contributed by atoms with Gasteiger partial charge in [-0.25, -0.2) is 0 Å². The number of hydrogen-bond donors (Lipinski definition) is 1. The minimum absolute atomic E-state index is 0.0104. The molecule has 0 bridgehead atoms. The maximum Gasteiger partial charge on any atom is 0.277 e. The molecule has 0 spiro atoms. The number of nitrogens with one attached hydrogen (secondary N) is 1. The van der Waals surface area contributed by atoms with E-state index < -0.39 is 0 Å². The largest absolute Gasteiger partial charge is 0.411 e. The van der Waals surface area contributed by atoms with Crippen molar-refractivity contribution in [2.75, 3.05) is 5.75 Å². The zero-order chi connectivity index (χ0) is 16.9. The van der Waals surface area contributed by atoms with E-state index in [1.807, 2.05) is 18.2 Å². The second-order valence-electron chi connectivity index (χ2n) is 6.08. The molecule has 128 valence electrons. The number of nitrogens with zero attached hydrogens (tertiary/aromatic N) is 2. The van der Waals surface area contributed by atoms with Gasteiger partial charge in [0, 0.05) is 6.04 Å². The lowest BCUT2D eigenvalue weighted by molar-refractivity contribution is -0.119. The number of thioether (sulfide) groups is 1. The predicted molar refractivity (Wildman–Crippen MR) is 95.0 cm³/mol. The van der Waals surface area contributed by atoms with Crippen LogP contribution in [0, 0.1) is 5.92 Å². The second-order valence-corrected chi connectivity index (χ2v) is 7.41. The van der Waals surface area contributed by atoms with E-state index >= 15 is 0 Å². The third-order valence-electron chi connectivity index (χ3n) is 4.30. The molecule has 1 fully saturated rings. The van der Waals surface area contributed by atoms with Crippen molar-refractivity contribution in [2.45, 2.75) is 43.9 Å². The fraction of sp³-hybridized carbons (Fsp3) is 0.471. The van der Waals surface area contributed by atoms with Gasteiger partial charge in [-0.3, -0.25) is 4.79 Å². The lowest BCUT2D eigenvalue weighted by atomic mass is 9.86. The molecule has 1 aliphatic carbocycles. The third kappa shape index (κ3) is 4.30. The summed E-state index contributed by atoms with van der Waals surface area (Å²) in [6.07, 6.45) is 4.69. The summed E-state index contributed by atoms with van der Waals surface area (Å²) in [7, 11) is 0. The van der Waals surface area contributed by atoms with Crippen LogP contribution in [-0.4, -0.2) is 27.9 Å². The first-order valence-corrected chi connectivity index (χ1v) is 9.50. The standard InChI is InChI=1S/C17H20ClN3O2S/c1-11-6-2-5-9-14(11)19-15(22)10-24-17-21-20-16(23-17)12-7-3-4-8-13(12)18/h3-4,7-8,11,14H,2,5-6,9-10H2,1H3,(H,19,22)/t11-,14+/m1/s1. The first kappa shape index (κ1) is 17.3. The van der Waals surface area contributed by atoms with E-state index in [-0.39, 0.29) is 17.7 Å². The predicted octanol–water partition coefficient (Wildman–Crippen LogP) is 4.18. The molecule has 1 saturated carbocycles. The van der Waals surface area contributed by atoms with Crippen LogP contribution in [0.5, 0.6) is 0 Å². The molecule has 1 aromatic carbocycles. The van der Waals surface area contributed by atoms with Crippen LogP contribution in [0.25, 0.3) is 11.5 Å². The van der Waals surface area contributed by atoms with E-state index in [1.165, 1.54) is 31.0 Å². The Morgan fingerprint density at radius 3 is 2.92 bits per heavy atom. The van der Waals surface area contributed by atoms with Gasteiger partial charge in [0.2, 0.25) is 11.8 Å². The zero-order valence-corrected chi connectivity index (χ0v) is 15.1. The number of benzene rings is 1. The zero-order valence-electron chi connectivity index (χ0n) is 13.5. The SMILES string of the molecule is C[C@@H]1CCCC[C@@H]1NC(=O)CSc1nnc(-c2ccccc2Cl)o1. The summed E-state index contributed by atoms with van der Waals surface area (Å²) in [4.78, 5) is 12.1. The molecule has 1 amide bonds. The van der Waals surface area contributed by atoms with Crippen LogP contribution < -0.4 is 5.32 Å². The maximum atomic E-state index is 12.1. The van der Waals surface area contributed by atoms with Crippen molar-refractivity contribution in [3.63, 3.8) is 0 Å². The normalized spacial score (nSPS) is 20.8. The molecule has 0 unspecified atom stereocenters. The van der Waals surface area contributed by atoms with Crippen molar-refractivity contribution in [3.8, 4) is 11.5 Å². The van der Waals surface area contributed by atoms with E-state index in [1.54, 1.807) is 6.07 Å². The van der Waals surface area contributed by atoms with Crippen LogP contribution in [0.2, 0.25) is 5.02 Å². The maximum absolute atomic E-state index is 12.1. The second kappa shape index (κ2) is 8.03. The van der Waals surface area contributed by atoms with Crippen LogP contribution >= 0.6 is 23.4 Å². The first-order valence-electron chi connectivity index (χ1n) is 8.14. The number of carbonyl (C=O) groups is 1. The van der Waals surface area contributed by atoms with Gasteiger partial charge in [-0.1, -0.05) is 55.3 Å². The fourth-order valence-corrected chi connectivity index (χ4v) is 3.71. The molecule has 3 rings (SSSR count). The third-order valence-corrected chi connectivity index (χ3v) is 5.44. The van der Waals surface area contributed by atoms with Crippen molar-refractivity contribution >= 4 is 29.3 Å². The monoisotopic (exact) mass is 365 g/mol. The molecule has 1 aliphatic rings. The van der Waals surface area contributed by atoms with E-state index in [0.717, 1.165) is 6.42 Å². The fourth-order valence-electron chi connectivity index (χ4n) is 2.92. The molecule has 24 heavy (non-hydrogen) atoms. The highest BCUT2D eigenvalue weighted by Crippen LogP contribution is 2.29. The number of carbonyl (C=O) groups excluding carboxylic acids is 1. The molecule has 0 aliphatic heterocycles. The summed E-state index contributed by atoms with van der Waals surface area (Å²) in [5, 5.41) is 12.0. The number of halogens is 1. The summed E-state index contributed by atoms with van der Waals surface area (Å²) in [6.45, 7) is 2.20. The molecule has 7 heteroatoms. The number of rotatable bonds is 5. The lowest BCUT2D eigenvalue weighted by Crippen LogP contribution is -2.41. The Morgan fingerprint density at radius 1 is 1.33 bits per heavy atom. The van der Waals surface area contributed by atoms with Gasteiger partial charge in [-0.05, 0) is 30.9 Å². The summed E-state index contributed by atoms with van der Waals surface area (Å²) in [5.41, 5.74) is 0.694. The smallest absolute Gasteiger partial charge is 0.277 e. The minimum atomic E-state index is 0.0104. The summed E-state index contributed by atoms with van der Waals surface area (Å²) in [5.74, 6) is 1.19. The van der Waals surface area contributed by atoms with E-state index in [9.17, 15) is 4.79 Å². The van der Waals surface area contributed by atoms with Crippen LogP contribution in [0.15, 0.2) is 33.9 Å². The van der Waals surface area contributed by atoms with Gasteiger partial charge in [0.25, 0.3) is 5.22 Å². The van der Waals surface area contributed by atoms with Gasteiger partial charge in [-0.2, -0.15) is 0 Å². The van der Waals surface area contributed by atoms with Crippen LogP contribution in [0.3, 0.4) is 0 Å². The molecule has 2 aromatic rings. The van der Waals surface area contributed by atoms with Crippen LogP contribution in [-0.2, 0) is 4.79 Å². The Balaban J connectivity index is 1.54. The molecule has 1 heterocycles. The molecule has 0 saturated heterocycles. The highest BCUT2D eigenvalue weighted by atomic mass is 35.5. The average Bonchev–Trinajstić information content (AvgIpc) is 3.04. The van der Waals surface area contributed by atoms with Crippen LogP contribution in [0.1, 0.15) is 32.6 Å². The Hall–Kier alpha value is -1.53. The van der Waals surface area contributed by atoms with Gasteiger partial charge < -0.3 is 9.73 Å². The van der Waals surface area contributed by atoms with Gasteiger partial charge in [0.15, 0.2) is 0 Å². The van der Waals surface area contributed by atoms with Crippen molar-refractivity contribution in [1.82, 2.24) is 15.5 Å². The summed E-state index contributed by atoms with van der Waals surface area (Å²) < 4.78 is 5.59. The van der Waals surface area contributed by atoms with E-state index in [2.05, 4.69) is 22.4 Å². The van der Waals surface area contributed by atoms with E-state index in [4.69, 9.17) is 16.0 Å². The Morgan fingerprint density at radius 2 is 2.12 bits per heavy atom. The van der Waals surface area contributed by atoms with Gasteiger partial charge in [0.1, 0.15) is 0 Å². The Kier molecular flexibility index (Phi) is 5.79. The van der Waals surface area contributed by atoms with Crippen molar-refractivity contribution in [3.05, 3.63) is 29.3 Å². The first-order chi connectivity index (χ1) is 11.6. The van der Waals surface area contributed by atoms with Crippen molar-refractivity contribution in [2.24, 2.45) is 5.92 Å². The topological polar surface area (TPSA) is 68.0 Å². The molecular formula is C17H20ClN3O2S. The molecular weight excluding hydrogens is 346 g/mol. The lowest BCUT2D eigenvalue weighted by Gasteiger charge is -2.29. The molecule has 0 radical (unpaired) electrons. The number of aromatic nitrogens is 2.